The largest absolute Gasteiger partial charge is 0.290 e. The maximum atomic E-state index is 11.4. The summed E-state index contributed by atoms with van der Waals surface area (Å²) < 4.78 is 0. The fourth-order valence-electron chi connectivity index (χ4n) is 2.21. The molecule has 0 spiro atoms. The van der Waals surface area contributed by atoms with Crippen LogP contribution in [0.3, 0.4) is 0 Å². The van der Waals surface area contributed by atoms with Crippen LogP contribution in [0, 0.1) is 6.92 Å². The van der Waals surface area contributed by atoms with E-state index in [4.69, 9.17) is 0 Å². The van der Waals surface area contributed by atoms with Crippen LogP contribution in [0.2, 0.25) is 0 Å². The van der Waals surface area contributed by atoms with Crippen molar-refractivity contribution in [3.63, 3.8) is 0 Å². The zero-order chi connectivity index (χ0) is 12.9. The van der Waals surface area contributed by atoms with E-state index in [1.165, 1.54) is 37.7 Å². The topological polar surface area (TPSA) is 19.9 Å². The minimum Gasteiger partial charge on any atom is -0.290 e. The lowest BCUT2D eigenvalue weighted by atomic mass is 9.79. The van der Waals surface area contributed by atoms with Gasteiger partial charge < -0.3 is 0 Å². The molecular weight excluding hydrogens is 208 g/mol. The molecule has 1 heteroatoms. The molecule has 95 valence electrons. The molecule has 0 N–H and O–H groups in total. The lowest BCUT2D eigenvalue weighted by Gasteiger charge is -2.25. The molecule has 0 aromatic heterocycles. The summed E-state index contributed by atoms with van der Waals surface area (Å²) in [4.78, 5) is 0. The number of rotatable bonds is 6. The van der Waals surface area contributed by atoms with Gasteiger partial charge in [-0.1, -0.05) is 58.6 Å². The second kappa shape index (κ2) is 6.09. The lowest BCUT2D eigenvalue weighted by Crippen LogP contribution is -2.17. The van der Waals surface area contributed by atoms with Crippen molar-refractivity contribution in [3.05, 3.63) is 29.3 Å². The summed E-state index contributed by atoms with van der Waals surface area (Å²) in [6.45, 7) is 8.69. The Kier molecular flexibility index (Phi) is 5.04. The third-order valence-corrected chi connectivity index (χ3v) is 3.61. The Morgan fingerprint density at radius 2 is 1.82 bits per heavy atom. The van der Waals surface area contributed by atoms with Gasteiger partial charge in [-0.05, 0) is 36.0 Å². The molecule has 0 unspecified atom stereocenters. The van der Waals surface area contributed by atoms with Crippen molar-refractivity contribution in [3.8, 4) is 5.75 Å². The molecule has 0 amide bonds. The lowest BCUT2D eigenvalue weighted by molar-refractivity contribution is 0.351. The summed E-state index contributed by atoms with van der Waals surface area (Å²) in [5.74, 6) is 0.149. The predicted molar refractivity (Wildman–Crippen MR) is 73.1 cm³/mol. The average Bonchev–Trinajstić information content (AvgIpc) is 2.28. The van der Waals surface area contributed by atoms with Gasteiger partial charge in [0.05, 0.1) is 0 Å². The molecule has 0 aliphatic carbocycles. The van der Waals surface area contributed by atoms with Crippen molar-refractivity contribution in [2.75, 3.05) is 0 Å². The van der Waals surface area contributed by atoms with E-state index in [0.717, 1.165) is 5.56 Å². The summed E-state index contributed by atoms with van der Waals surface area (Å²) in [7, 11) is 0. The van der Waals surface area contributed by atoms with Crippen LogP contribution in [0.25, 0.3) is 0 Å². The maximum Gasteiger partial charge on any atom is 0.181 e. The van der Waals surface area contributed by atoms with E-state index in [2.05, 4.69) is 26.8 Å². The quantitative estimate of drug-likeness (QED) is 0.587. The zero-order valence-corrected chi connectivity index (χ0v) is 11.7. The first-order valence-corrected chi connectivity index (χ1v) is 6.75. The van der Waals surface area contributed by atoms with Crippen molar-refractivity contribution in [1.82, 2.24) is 0 Å². The third-order valence-electron chi connectivity index (χ3n) is 3.61. The van der Waals surface area contributed by atoms with Crippen LogP contribution in [0.4, 0.5) is 0 Å². The first-order chi connectivity index (χ1) is 7.97. The van der Waals surface area contributed by atoms with Crippen molar-refractivity contribution < 1.29 is 5.11 Å². The van der Waals surface area contributed by atoms with Crippen LogP contribution >= 0.6 is 0 Å². The highest BCUT2D eigenvalue weighted by molar-refractivity contribution is 5.37. The Balaban J connectivity index is 2.64. The van der Waals surface area contributed by atoms with Gasteiger partial charge in [-0.3, -0.25) is 5.11 Å². The Morgan fingerprint density at radius 3 is 2.41 bits per heavy atom. The second-order valence-electron chi connectivity index (χ2n) is 5.67. The molecule has 0 aliphatic rings. The SMILES string of the molecule is CCCCCCC(C)(C)c1ccc([O])c(C)c1. The average molecular weight is 233 g/mol. The van der Waals surface area contributed by atoms with Crippen LogP contribution in [0.5, 0.6) is 5.75 Å². The highest BCUT2D eigenvalue weighted by Crippen LogP contribution is 2.32. The van der Waals surface area contributed by atoms with Gasteiger partial charge in [-0.25, -0.2) is 0 Å². The standard InChI is InChI=1S/C16H25O/c1-5-6-7-8-11-16(3,4)14-9-10-15(17)13(2)12-14/h9-10,12H,5-8,11H2,1-4H3. The Labute approximate surface area is 106 Å². The van der Waals surface area contributed by atoms with Crippen LogP contribution in [-0.4, -0.2) is 0 Å². The summed E-state index contributed by atoms with van der Waals surface area (Å²) in [5, 5.41) is 11.4. The molecule has 1 aromatic carbocycles. The van der Waals surface area contributed by atoms with Gasteiger partial charge in [0, 0.05) is 0 Å². The van der Waals surface area contributed by atoms with E-state index in [0.29, 0.717) is 0 Å². The van der Waals surface area contributed by atoms with Crippen LogP contribution in [0.1, 0.15) is 64.0 Å². The molecule has 17 heavy (non-hydrogen) atoms. The van der Waals surface area contributed by atoms with Crippen LogP contribution in [0.15, 0.2) is 18.2 Å². The van der Waals surface area contributed by atoms with Gasteiger partial charge in [0.1, 0.15) is 0 Å². The van der Waals surface area contributed by atoms with Crippen molar-refractivity contribution in [2.45, 2.75) is 65.2 Å². The third kappa shape index (κ3) is 4.07. The zero-order valence-electron chi connectivity index (χ0n) is 11.7. The number of hydrogen-bond donors (Lipinski definition) is 0. The molecular formula is C16H25O. The molecule has 0 bridgehead atoms. The van der Waals surface area contributed by atoms with Gasteiger partial charge >= 0.3 is 0 Å². The van der Waals surface area contributed by atoms with E-state index in [1.807, 2.05) is 13.0 Å². The summed E-state index contributed by atoms with van der Waals surface area (Å²) in [5.41, 5.74) is 2.35. The van der Waals surface area contributed by atoms with Gasteiger partial charge in [0.2, 0.25) is 0 Å². The maximum absolute atomic E-state index is 11.4. The van der Waals surface area contributed by atoms with Crippen molar-refractivity contribution in [1.29, 1.82) is 0 Å². The number of aryl methyl sites for hydroxylation is 1. The molecule has 0 aliphatic heterocycles. The highest BCUT2D eigenvalue weighted by Gasteiger charge is 2.20. The normalized spacial score (nSPS) is 11.8. The summed E-state index contributed by atoms with van der Waals surface area (Å²) in [6, 6.07) is 5.76. The number of hydrogen-bond acceptors (Lipinski definition) is 0. The van der Waals surface area contributed by atoms with E-state index < -0.39 is 0 Å². The summed E-state index contributed by atoms with van der Waals surface area (Å²) >= 11 is 0. The first-order valence-electron chi connectivity index (χ1n) is 6.75. The van der Waals surface area contributed by atoms with E-state index >= 15 is 0 Å². The monoisotopic (exact) mass is 233 g/mol. The minimum absolute atomic E-state index is 0.149. The van der Waals surface area contributed by atoms with E-state index in [9.17, 15) is 5.11 Å². The molecule has 1 rings (SSSR count). The fraction of sp³-hybridized carbons (Fsp3) is 0.625. The van der Waals surface area contributed by atoms with Gasteiger partial charge in [0.15, 0.2) is 5.75 Å². The van der Waals surface area contributed by atoms with Gasteiger partial charge in [-0.15, -0.1) is 0 Å². The molecule has 1 nitrogen and oxygen atoms in total. The smallest absolute Gasteiger partial charge is 0.181 e. The molecule has 0 heterocycles. The van der Waals surface area contributed by atoms with Gasteiger partial charge in [-0.2, -0.15) is 0 Å². The highest BCUT2D eigenvalue weighted by atomic mass is 16.3. The molecule has 0 saturated heterocycles. The number of unbranched alkanes of at least 4 members (excludes halogenated alkanes) is 3. The minimum atomic E-state index is 0.149. The second-order valence-corrected chi connectivity index (χ2v) is 5.67. The van der Waals surface area contributed by atoms with Gasteiger partial charge in [0.25, 0.3) is 0 Å². The Hall–Kier alpha value is -0.980. The summed E-state index contributed by atoms with van der Waals surface area (Å²) in [6.07, 6.45) is 6.40. The van der Waals surface area contributed by atoms with E-state index in [-0.39, 0.29) is 11.2 Å². The molecule has 0 atom stereocenters. The number of benzene rings is 1. The Morgan fingerprint density at radius 1 is 1.12 bits per heavy atom. The van der Waals surface area contributed by atoms with Crippen LogP contribution < -0.4 is 0 Å². The van der Waals surface area contributed by atoms with E-state index in [1.54, 1.807) is 6.07 Å². The van der Waals surface area contributed by atoms with Crippen molar-refractivity contribution in [2.24, 2.45) is 0 Å². The Bertz CT molecular complexity index is 353. The van der Waals surface area contributed by atoms with Crippen LogP contribution in [-0.2, 0) is 10.5 Å². The molecule has 0 saturated carbocycles. The first kappa shape index (κ1) is 14.1. The fourth-order valence-corrected chi connectivity index (χ4v) is 2.21. The van der Waals surface area contributed by atoms with Crippen molar-refractivity contribution >= 4 is 0 Å². The predicted octanol–water partition coefficient (Wildman–Crippen LogP) is 5.39. The molecule has 1 aromatic rings. The molecule has 1 radical (unpaired) electrons. The molecule has 0 fully saturated rings.